The van der Waals surface area contributed by atoms with Gasteiger partial charge in [-0.25, -0.2) is 0 Å². The molecule has 0 bridgehead atoms. The van der Waals surface area contributed by atoms with Gasteiger partial charge in [0.1, 0.15) is 5.75 Å². The van der Waals surface area contributed by atoms with Gasteiger partial charge in [-0.05, 0) is 18.1 Å². The van der Waals surface area contributed by atoms with E-state index in [9.17, 15) is 5.11 Å². The Morgan fingerprint density at radius 2 is 2.15 bits per heavy atom. The summed E-state index contributed by atoms with van der Waals surface area (Å²) in [6.07, 6.45) is 0. The van der Waals surface area contributed by atoms with Crippen LogP contribution in [0, 0.1) is 0 Å². The summed E-state index contributed by atoms with van der Waals surface area (Å²) < 4.78 is 0. The summed E-state index contributed by atoms with van der Waals surface area (Å²) in [5.74, 6) is 0.647. The average molecular weight is 176 g/mol. The lowest BCUT2D eigenvalue weighted by atomic mass is 10.1. The van der Waals surface area contributed by atoms with Gasteiger partial charge in [0, 0.05) is 5.69 Å². The quantitative estimate of drug-likeness (QED) is 0.700. The molecule has 0 aliphatic rings. The minimum absolute atomic E-state index is 0.301. The van der Waals surface area contributed by atoms with E-state index in [0.717, 1.165) is 16.6 Å². The molecule has 68 valence electrons. The normalized spacial score (nSPS) is 11.3. The van der Waals surface area contributed by atoms with Crippen LogP contribution in [0.25, 0.3) is 10.9 Å². The zero-order valence-electron chi connectivity index (χ0n) is 7.70. The third-order valence-corrected chi connectivity index (χ3v) is 2.16. The van der Waals surface area contributed by atoms with Gasteiger partial charge in [0.25, 0.3) is 0 Å². The lowest BCUT2D eigenvalue weighted by molar-refractivity contribution is 0.481. The fourth-order valence-electron chi connectivity index (χ4n) is 1.49. The molecule has 0 unspecified atom stereocenters. The second-order valence-corrected chi connectivity index (χ2v) is 3.46. The number of hydrogen-bond donors (Lipinski definition) is 2. The number of aromatic amines is 1. The van der Waals surface area contributed by atoms with Crippen molar-refractivity contribution in [2.24, 2.45) is 0 Å². The zero-order valence-corrected chi connectivity index (χ0v) is 7.70. The van der Waals surface area contributed by atoms with Crippen LogP contribution in [-0.4, -0.2) is 15.3 Å². The number of hydrogen-bond acceptors (Lipinski definition) is 2. The van der Waals surface area contributed by atoms with Crippen molar-refractivity contribution in [1.29, 1.82) is 0 Å². The first-order valence-corrected chi connectivity index (χ1v) is 4.36. The highest BCUT2D eigenvalue weighted by Gasteiger charge is 2.11. The van der Waals surface area contributed by atoms with Gasteiger partial charge in [-0.3, -0.25) is 5.10 Å². The lowest BCUT2D eigenvalue weighted by Crippen LogP contribution is -1.87. The van der Waals surface area contributed by atoms with Crippen LogP contribution in [0.3, 0.4) is 0 Å². The summed E-state index contributed by atoms with van der Waals surface area (Å²) in [5.41, 5.74) is 1.82. The van der Waals surface area contributed by atoms with Crippen molar-refractivity contribution in [2.45, 2.75) is 19.8 Å². The topological polar surface area (TPSA) is 48.9 Å². The summed E-state index contributed by atoms with van der Waals surface area (Å²) in [6, 6.07) is 5.36. The van der Waals surface area contributed by atoms with E-state index in [-0.39, 0.29) is 0 Å². The third kappa shape index (κ3) is 1.16. The minimum Gasteiger partial charge on any atom is -0.507 e. The van der Waals surface area contributed by atoms with E-state index in [1.165, 1.54) is 0 Å². The van der Waals surface area contributed by atoms with Gasteiger partial charge in [0.05, 0.1) is 10.9 Å². The summed E-state index contributed by atoms with van der Waals surface area (Å²) in [4.78, 5) is 0. The number of aromatic nitrogens is 2. The lowest BCUT2D eigenvalue weighted by Gasteiger charge is -2.02. The first-order chi connectivity index (χ1) is 6.20. The fraction of sp³-hybridized carbons (Fsp3) is 0.300. The predicted octanol–water partition coefficient (Wildman–Crippen LogP) is 2.39. The average Bonchev–Trinajstić information content (AvgIpc) is 2.49. The SMILES string of the molecule is CC(C)c1[nH]nc2cccc(O)c12. The minimum atomic E-state index is 0.301. The number of nitrogens with zero attached hydrogens (tertiary/aromatic N) is 1. The second-order valence-electron chi connectivity index (χ2n) is 3.46. The summed E-state index contributed by atoms with van der Waals surface area (Å²) >= 11 is 0. The van der Waals surface area contributed by atoms with Crippen molar-refractivity contribution in [3.63, 3.8) is 0 Å². The highest BCUT2D eigenvalue weighted by Crippen LogP contribution is 2.29. The molecule has 0 aliphatic carbocycles. The highest BCUT2D eigenvalue weighted by molar-refractivity contribution is 5.87. The smallest absolute Gasteiger partial charge is 0.126 e. The molecule has 0 amide bonds. The van der Waals surface area contributed by atoms with E-state index in [2.05, 4.69) is 24.0 Å². The van der Waals surface area contributed by atoms with Crippen LogP contribution in [0.5, 0.6) is 5.75 Å². The van der Waals surface area contributed by atoms with Gasteiger partial charge in [-0.2, -0.15) is 5.10 Å². The summed E-state index contributed by atoms with van der Waals surface area (Å²) in [7, 11) is 0. The molecular weight excluding hydrogens is 164 g/mol. The molecule has 1 aromatic carbocycles. The van der Waals surface area contributed by atoms with Crippen LogP contribution >= 0.6 is 0 Å². The van der Waals surface area contributed by atoms with Crippen LogP contribution in [0.2, 0.25) is 0 Å². The van der Waals surface area contributed by atoms with Crippen molar-refractivity contribution in [3.05, 3.63) is 23.9 Å². The van der Waals surface area contributed by atoms with Crippen LogP contribution < -0.4 is 0 Å². The summed E-state index contributed by atoms with van der Waals surface area (Å²) in [5, 5.41) is 17.5. The van der Waals surface area contributed by atoms with Gasteiger partial charge in [0.2, 0.25) is 0 Å². The Morgan fingerprint density at radius 1 is 1.38 bits per heavy atom. The van der Waals surface area contributed by atoms with Crippen molar-refractivity contribution >= 4 is 10.9 Å². The number of nitrogens with one attached hydrogen (secondary N) is 1. The van der Waals surface area contributed by atoms with E-state index in [1.54, 1.807) is 12.1 Å². The molecule has 0 saturated heterocycles. The Bertz CT molecular complexity index is 431. The Morgan fingerprint density at radius 3 is 2.85 bits per heavy atom. The predicted molar refractivity (Wildman–Crippen MR) is 51.8 cm³/mol. The van der Waals surface area contributed by atoms with Crippen LogP contribution in [0.15, 0.2) is 18.2 Å². The maximum atomic E-state index is 9.63. The van der Waals surface area contributed by atoms with Crippen LogP contribution in [-0.2, 0) is 0 Å². The van der Waals surface area contributed by atoms with Crippen LogP contribution in [0.4, 0.5) is 0 Å². The van der Waals surface area contributed by atoms with E-state index in [4.69, 9.17) is 0 Å². The molecule has 3 heteroatoms. The molecule has 3 nitrogen and oxygen atoms in total. The number of rotatable bonds is 1. The third-order valence-electron chi connectivity index (χ3n) is 2.16. The van der Waals surface area contributed by atoms with Crippen molar-refractivity contribution < 1.29 is 5.11 Å². The standard InChI is InChI=1S/C10H12N2O/c1-6(2)10-9-7(11-12-10)4-3-5-8(9)13/h3-6,13H,1-2H3,(H,11,12). The fourth-order valence-corrected chi connectivity index (χ4v) is 1.49. The number of phenolic OH excluding ortho intramolecular Hbond substituents is 1. The first-order valence-electron chi connectivity index (χ1n) is 4.36. The zero-order chi connectivity index (χ0) is 9.42. The molecule has 2 rings (SSSR count). The van der Waals surface area contributed by atoms with Gasteiger partial charge < -0.3 is 5.11 Å². The van der Waals surface area contributed by atoms with E-state index in [0.29, 0.717) is 11.7 Å². The Balaban J connectivity index is 2.79. The number of aromatic hydroxyl groups is 1. The molecule has 2 aromatic rings. The molecule has 13 heavy (non-hydrogen) atoms. The van der Waals surface area contributed by atoms with Crippen molar-refractivity contribution in [2.75, 3.05) is 0 Å². The molecular formula is C10H12N2O. The largest absolute Gasteiger partial charge is 0.507 e. The molecule has 0 fully saturated rings. The van der Waals surface area contributed by atoms with Crippen molar-refractivity contribution in [3.8, 4) is 5.75 Å². The molecule has 1 aromatic heterocycles. The number of H-pyrrole nitrogens is 1. The van der Waals surface area contributed by atoms with E-state index in [1.807, 2.05) is 6.07 Å². The highest BCUT2D eigenvalue weighted by atomic mass is 16.3. The Kier molecular flexibility index (Phi) is 1.72. The van der Waals surface area contributed by atoms with E-state index < -0.39 is 0 Å². The molecule has 0 saturated carbocycles. The van der Waals surface area contributed by atoms with Crippen molar-refractivity contribution in [1.82, 2.24) is 10.2 Å². The number of benzene rings is 1. The Hall–Kier alpha value is -1.51. The first kappa shape index (κ1) is 8.10. The van der Waals surface area contributed by atoms with E-state index >= 15 is 0 Å². The monoisotopic (exact) mass is 176 g/mol. The second kappa shape index (κ2) is 2.76. The number of fused-ring (bicyclic) bond motifs is 1. The molecule has 0 spiro atoms. The molecule has 0 atom stereocenters. The van der Waals surface area contributed by atoms with Gasteiger partial charge in [-0.1, -0.05) is 19.9 Å². The van der Waals surface area contributed by atoms with Gasteiger partial charge >= 0.3 is 0 Å². The maximum Gasteiger partial charge on any atom is 0.126 e. The molecule has 0 aliphatic heterocycles. The molecule has 0 radical (unpaired) electrons. The maximum absolute atomic E-state index is 9.63. The molecule has 2 N–H and O–H groups in total. The van der Waals surface area contributed by atoms with Gasteiger partial charge in [0.15, 0.2) is 0 Å². The summed E-state index contributed by atoms with van der Waals surface area (Å²) in [6.45, 7) is 4.14. The van der Waals surface area contributed by atoms with Gasteiger partial charge in [-0.15, -0.1) is 0 Å². The molecule has 1 heterocycles. The number of phenols is 1. The Labute approximate surface area is 76.4 Å². The van der Waals surface area contributed by atoms with Crippen LogP contribution in [0.1, 0.15) is 25.5 Å².